The second kappa shape index (κ2) is 6.27. The predicted molar refractivity (Wildman–Crippen MR) is 90.1 cm³/mol. The molecule has 3 aromatic rings. The number of anilines is 1. The van der Waals surface area contributed by atoms with Gasteiger partial charge in [-0.05, 0) is 31.2 Å². The number of imidazole rings is 1. The lowest BCUT2D eigenvalue weighted by Gasteiger charge is -2.02. The molecule has 0 fully saturated rings. The standard InChI is InChI=1S/C16H16N6O/c1-11(18-20-13-8-4-6-10-15(13)23)19-21-16-17-12-7-3-5-9-14(12)22(16)2/h3-10,20,23H,1-2H3. The van der Waals surface area contributed by atoms with Crippen LogP contribution in [0.25, 0.3) is 11.0 Å². The van der Waals surface area contributed by atoms with E-state index < -0.39 is 0 Å². The van der Waals surface area contributed by atoms with Crippen molar-refractivity contribution in [1.29, 1.82) is 0 Å². The first kappa shape index (κ1) is 14.7. The third-order valence-corrected chi connectivity index (χ3v) is 3.29. The molecule has 0 bridgehead atoms. The number of phenolic OH excluding ortho intramolecular Hbond substituents is 1. The van der Waals surface area contributed by atoms with Crippen molar-refractivity contribution in [2.24, 2.45) is 22.4 Å². The van der Waals surface area contributed by atoms with Crippen molar-refractivity contribution >= 4 is 28.5 Å². The lowest BCUT2D eigenvalue weighted by Crippen LogP contribution is -1.94. The number of phenols is 1. The van der Waals surface area contributed by atoms with Gasteiger partial charge < -0.3 is 9.67 Å². The maximum absolute atomic E-state index is 9.65. The molecule has 0 saturated heterocycles. The monoisotopic (exact) mass is 308 g/mol. The van der Waals surface area contributed by atoms with E-state index in [1.165, 1.54) is 0 Å². The highest BCUT2D eigenvalue weighted by atomic mass is 16.3. The fourth-order valence-electron chi connectivity index (χ4n) is 2.07. The normalized spacial score (nSPS) is 12.2. The summed E-state index contributed by atoms with van der Waals surface area (Å²) in [4.78, 5) is 4.40. The molecule has 7 heteroatoms. The first-order valence-corrected chi connectivity index (χ1v) is 7.06. The van der Waals surface area contributed by atoms with Gasteiger partial charge in [-0.15, -0.1) is 10.2 Å². The summed E-state index contributed by atoms with van der Waals surface area (Å²) in [5.74, 6) is 1.04. The Morgan fingerprint density at radius 2 is 1.87 bits per heavy atom. The smallest absolute Gasteiger partial charge is 0.250 e. The van der Waals surface area contributed by atoms with Crippen LogP contribution in [-0.4, -0.2) is 20.5 Å². The van der Waals surface area contributed by atoms with Crippen molar-refractivity contribution in [2.45, 2.75) is 6.92 Å². The quantitative estimate of drug-likeness (QED) is 0.253. The summed E-state index contributed by atoms with van der Waals surface area (Å²) in [6.07, 6.45) is 0. The zero-order chi connectivity index (χ0) is 16.2. The minimum Gasteiger partial charge on any atom is -0.506 e. The molecule has 1 heterocycles. The Morgan fingerprint density at radius 3 is 2.65 bits per heavy atom. The van der Waals surface area contributed by atoms with Crippen molar-refractivity contribution in [3.63, 3.8) is 0 Å². The van der Waals surface area contributed by atoms with Crippen LogP contribution < -0.4 is 5.43 Å². The number of para-hydroxylation sites is 4. The minimum absolute atomic E-state index is 0.122. The van der Waals surface area contributed by atoms with Gasteiger partial charge in [-0.2, -0.15) is 5.10 Å². The molecule has 116 valence electrons. The highest BCUT2D eigenvalue weighted by Crippen LogP contribution is 2.22. The van der Waals surface area contributed by atoms with E-state index in [1.54, 1.807) is 31.2 Å². The highest BCUT2D eigenvalue weighted by Gasteiger charge is 2.05. The van der Waals surface area contributed by atoms with Gasteiger partial charge in [-0.25, -0.2) is 4.98 Å². The Labute approximate surface area is 133 Å². The zero-order valence-electron chi connectivity index (χ0n) is 12.8. The number of aromatic hydroxyl groups is 1. The topological polar surface area (TPSA) is 87.2 Å². The maximum Gasteiger partial charge on any atom is 0.250 e. The van der Waals surface area contributed by atoms with Crippen molar-refractivity contribution in [3.8, 4) is 5.75 Å². The Morgan fingerprint density at radius 1 is 1.13 bits per heavy atom. The summed E-state index contributed by atoms with van der Waals surface area (Å²) in [6.45, 7) is 1.71. The lowest BCUT2D eigenvalue weighted by molar-refractivity contribution is 0.477. The average Bonchev–Trinajstić information content (AvgIpc) is 2.89. The van der Waals surface area contributed by atoms with Crippen LogP contribution in [0.5, 0.6) is 5.75 Å². The first-order valence-electron chi connectivity index (χ1n) is 7.06. The molecule has 0 atom stereocenters. The van der Waals surface area contributed by atoms with Crippen LogP contribution in [0.4, 0.5) is 11.6 Å². The van der Waals surface area contributed by atoms with E-state index in [-0.39, 0.29) is 5.75 Å². The molecule has 0 spiro atoms. The Hall–Kier alpha value is -3.22. The number of rotatable bonds is 3. The third kappa shape index (κ3) is 3.18. The van der Waals surface area contributed by atoms with Gasteiger partial charge in [0.25, 0.3) is 0 Å². The number of aryl methyl sites for hydroxylation is 1. The van der Waals surface area contributed by atoms with Crippen molar-refractivity contribution in [2.75, 3.05) is 5.43 Å². The van der Waals surface area contributed by atoms with Crippen molar-refractivity contribution in [1.82, 2.24) is 9.55 Å². The number of hydrogen-bond donors (Lipinski definition) is 2. The number of azo groups is 1. The number of hydrazone groups is 1. The second-order valence-corrected chi connectivity index (χ2v) is 4.95. The van der Waals surface area contributed by atoms with Gasteiger partial charge in [-0.3, -0.25) is 5.43 Å². The summed E-state index contributed by atoms with van der Waals surface area (Å²) in [5.41, 5.74) is 5.11. The van der Waals surface area contributed by atoms with Gasteiger partial charge in [0.2, 0.25) is 5.95 Å². The van der Waals surface area contributed by atoms with Gasteiger partial charge in [0.1, 0.15) is 5.75 Å². The van der Waals surface area contributed by atoms with Gasteiger partial charge in [-0.1, -0.05) is 24.3 Å². The van der Waals surface area contributed by atoms with E-state index in [2.05, 4.69) is 25.7 Å². The van der Waals surface area contributed by atoms with Crippen molar-refractivity contribution < 1.29 is 5.11 Å². The second-order valence-electron chi connectivity index (χ2n) is 4.95. The first-order chi connectivity index (χ1) is 11.1. The zero-order valence-corrected chi connectivity index (χ0v) is 12.8. The molecule has 0 aliphatic rings. The van der Waals surface area contributed by atoms with Crippen molar-refractivity contribution in [3.05, 3.63) is 48.5 Å². The summed E-state index contributed by atoms with van der Waals surface area (Å²) in [6, 6.07) is 14.6. The summed E-state index contributed by atoms with van der Waals surface area (Å²) >= 11 is 0. The highest BCUT2D eigenvalue weighted by molar-refractivity contribution is 5.81. The minimum atomic E-state index is 0.122. The van der Waals surface area contributed by atoms with E-state index in [0.717, 1.165) is 11.0 Å². The number of hydrogen-bond acceptors (Lipinski definition) is 5. The molecule has 1 aromatic heterocycles. The number of fused-ring (bicyclic) bond motifs is 1. The van der Waals surface area contributed by atoms with E-state index in [1.807, 2.05) is 35.9 Å². The molecule has 0 aliphatic heterocycles. The van der Waals surface area contributed by atoms with E-state index in [4.69, 9.17) is 0 Å². The molecule has 0 amide bonds. The molecule has 2 N–H and O–H groups in total. The van der Waals surface area contributed by atoms with Crippen LogP contribution in [0.2, 0.25) is 0 Å². The summed E-state index contributed by atoms with van der Waals surface area (Å²) < 4.78 is 1.86. The number of amidine groups is 1. The molecule has 0 radical (unpaired) electrons. The maximum atomic E-state index is 9.65. The molecular weight excluding hydrogens is 292 g/mol. The molecule has 0 unspecified atom stereocenters. The Balaban J connectivity index is 1.77. The van der Waals surface area contributed by atoms with Crippen LogP contribution in [-0.2, 0) is 7.05 Å². The van der Waals surface area contributed by atoms with Gasteiger partial charge in [0.15, 0.2) is 5.84 Å². The van der Waals surface area contributed by atoms with Gasteiger partial charge in [0.05, 0.1) is 16.7 Å². The lowest BCUT2D eigenvalue weighted by atomic mass is 10.3. The number of nitrogens with one attached hydrogen (secondary N) is 1. The third-order valence-electron chi connectivity index (χ3n) is 3.29. The van der Waals surface area contributed by atoms with E-state index in [0.29, 0.717) is 17.5 Å². The van der Waals surface area contributed by atoms with Gasteiger partial charge in [0, 0.05) is 7.05 Å². The number of benzene rings is 2. The Bertz CT molecular complexity index is 896. The number of nitrogens with zero attached hydrogens (tertiary/aromatic N) is 5. The van der Waals surface area contributed by atoms with Crippen LogP contribution in [0.1, 0.15) is 6.92 Å². The van der Waals surface area contributed by atoms with Crippen LogP contribution in [0.15, 0.2) is 63.9 Å². The molecule has 0 saturated carbocycles. The van der Waals surface area contributed by atoms with E-state index >= 15 is 0 Å². The van der Waals surface area contributed by atoms with Crippen LogP contribution in [0.3, 0.4) is 0 Å². The molecule has 23 heavy (non-hydrogen) atoms. The Kier molecular flexibility index (Phi) is 4.01. The molecule has 0 aliphatic carbocycles. The SMILES string of the molecule is CC(N=Nc1nc2ccccc2n1C)=NNc1ccccc1O. The van der Waals surface area contributed by atoms with E-state index in [9.17, 15) is 5.11 Å². The fraction of sp³-hybridized carbons (Fsp3) is 0.125. The molecular formula is C16H16N6O. The van der Waals surface area contributed by atoms with Crippen LogP contribution >= 0.6 is 0 Å². The molecule has 2 aromatic carbocycles. The predicted octanol–water partition coefficient (Wildman–Crippen LogP) is 3.81. The summed E-state index contributed by atoms with van der Waals surface area (Å²) in [7, 11) is 1.89. The molecule has 7 nitrogen and oxygen atoms in total. The average molecular weight is 308 g/mol. The van der Waals surface area contributed by atoms with Gasteiger partial charge >= 0.3 is 0 Å². The summed E-state index contributed by atoms with van der Waals surface area (Å²) in [5, 5.41) is 21.9. The fourth-order valence-corrected chi connectivity index (χ4v) is 2.07. The molecule has 3 rings (SSSR count). The van der Waals surface area contributed by atoms with Crippen LogP contribution in [0, 0.1) is 0 Å². The number of aromatic nitrogens is 2. The largest absolute Gasteiger partial charge is 0.506 e.